The number of hydrogen-bond acceptors (Lipinski definition) is 5. The van der Waals surface area contributed by atoms with Crippen molar-refractivity contribution in [3.05, 3.63) is 35.1 Å². The van der Waals surface area contributed by atoms with E-state index in [1.54, 1.807) is 14.0 Å². The molecule has 0 radical (unpaired) electrons. The average Bonchev–Trinajstić information content (AvgIpc) is 2.48. The lowest BCUT2D eigenvalue weighted by Crippen LogP contribution is -2.40. The van der Waals surface area contributed by atoms with Gasteiger partial charge in [0.2, 0.25) is 0 Å². The van der Waals surface area contributed by atoms with Gasteiger partial charge in [0.25, 0.3) is 0 Å². The first-order valence-corrected chi connectivity index (χ1v) is 6.59. The van der Waals surface area contributed by atoms with E-state index >= 15 is 0 Å². The number of rotatable bonds is 8. The van der Waals surface area contributed by atoms with Gasteiger partial charge in [-0.15, -0.1) is 0 Å². The number of ketones is 1. The number of Topliss-reactive ketones (excluding diaryl/α,β-unsaturated/α-hetero) is 1. The number of aryl methyl sites for hydroxylation is 1. The number of ether oxygens (including phenoxy) is 2. The van der Waals surface area contributed by atoms with Crippen LogP contribution in [0.2, 0.25) is 0 Å². The first-order chi connectivity index (χ1) is 9.99. The minimum Gasteiger partial charge on any atom is -0.469 e. The fraction of sp³-hybridized carbons (Fsp3) is 0.467. The van der Waals surface area contributed by atoms with Crippen molar-refractivity contribution in [3.8, 4) is 0 Å². The van der Waals surface area contributed by atoms with Crippen molar-refractivity contribution in [2.24, 2.45) is 0 Å². The Morgan fingerprint density at radius 1 is 1.33 bits per heavy atom. The van der Waals surface area contributed by atoms with Crippen molar-refractivity contribution in [3.63, 3.8) is 0 Å². The summed E-state index contributed by atoms with van der Waals surface area (Å²) in [5.74, 6) is -1.14. The number of carbonyl (C=O) groups is 2. The molecule has 0 aliphatic heterocycles. The number of benzene rings is 1. The third-order valence-electron chi connectivity index (χ3n) is 3.05. The predicted octanol–water partition coefficient (Wildman–Crippen LogP) is 1.48. The zero-order valence-corrected chi connectivity index (χ0v) is 12.4. The molecular weight excluding hydrogens is 277 g/mol. The van der Waals surface area contributed by atoms with E-state index in [-0.39, 0.29) is 18.0 Å². The molecule has 1 aromatic rings. The molecule has 1 rings (SSSR count). The standard InChI is InChI=1S/C15H20FNO4/c1-10-8-11(4-5-12(10)16)15(19)13(9-14(18)21-3)17-6-7-20-2/h4-5,8,13,17H,6-7,9H2,1-3H3. The molecule has 0 saturated heterocycles. The molecule has 1 unspecified atom stereocenters. The third kappa shape index (κ3) is 5.24. The van der Waals surface area contributed by atoms with Gasteiger partial charge in [0.1, 0.15) is 5.82 Å². The summed E-state index contributed by atoms with van der Waals surface area (Å²) in [6.45, 7) is 2.41. The molecule has 1 N–H and O–H groups in total. The number of esters is 1. The van der Waals surface area contributed by atoms with Crippen LogP contribution in [0.5, 0.6) is 0 Å². The van der Waals surface area contributed by atoms with E-state index in [9.17, 15) is 14.0 Å². The molecule has 0 aliphatic carbocycles. The lowest BCUT2D eigenvalue weighted by Gasteiger charge is -2.17. The van der Waals surface area contributed by atoms with Gasteiger partial charge in [0.15, 0.2) is 5.78 Å². The number of hydrogen-bond donors (Lipinski definition) is 1. The molecule has 0 amide bonds. The molecular formula is C15H20FNO4. The highest BCUT2D eigenvalue weighted by atomic mass is 19.1. The zero-order chi connectivity index (χ0) is 15.8. The second kappa shape index (κ2) is 8.49. The molecule has 1 atom stereocenters. The summed E-state index contributed by atoms with van der Waals surface area (Å²) in [6, 6.07) is 3.40. The summed E-state index contributed by atoms with van der Waals surface area (Å²) in [4.78, 5) is 23.8. The molecule has 0 heterocycles. The Balaban J connectivity index is 2.86. The van der Waals surface area contributed by atoms with Crippen LogP contribution in [0.4, 0.5) is 4.39 Å². The fourth-order valence-corrected chi connectivity index (χ4v) is 1.84. The third-order valence-corrected chi connectivity index (χ3v) is 3.05. The number of carbonyl (C=O) groups excluding carboxylic acids is 2. The van der Waals surface area contributed by atoms with Gasteiger partial charge in [-0.05, 0) is 30.7 Å². The predicted molar refractivity (Wildman–Crippen MR) is 75.8 cm³/mol. The SMILES string of the molecule is COCCNC(CC(=O)OC)C(=O)c1ccc(F)c(C)c1. The van der Waals surface area contributed by atoms with Gasteiger partial charge in [-0.2, -0.15) is 0 Å². The van der Waals surface area contributed by atoms with Crippen LogP contribution in [0.25, 0.3) is 0 Å². The molecule has 5 nitrogen and oxygen atoms in total. The Kier molecular flexibility index (Phi) is 6.98. The molecule has 0 saturated carbocycles. The van der Waals surface area contributed by atoms with Gasteiger partial charge in [-0.25, -0.2) is 4.39 Å². The lowest BCUT2D eigenvalue weighted by atomic mass is 10.00. The zero-order valence-electron chi connectivity index (χ0n) is 12.4. The highest BCUT2D eigenvalue weighted by Gasteiger charge is 2.23. The van der Waals surface area contributed by atoms with Crippen molar-refractivity contribution >= 4 is 11.8 Å². The van der Waals surface area contributed by atoms with Gasteiger partial charge in [0, 0.05) is 19.2 Å². The maximum absolute atomic E-state index is 13.3. The van der Waals surface area contributed by atoms with Crippen LogP contribution in [-0.2, 0) is 14.3 Å². The van der Waals surface area contributed by atoms with Crippen molar-refractivity contribution in [1.29, 1.82) is 0 Å². The van der Waals surface area contributed by atoms with Crippen molar-refractivity contribution in [1.82, 2.24) is 5.32 Å². The summed E-state index contributed by atoms with van der Waals surface area (Å²) in [6.07, 6.45) is -0.0878. The Morgan fingerprint density at radius 3 is 2.62 bits per heavy atom. The largest absolute Gasteiger partial charge is 0.469 e. The van der Waals surface area contributed by atoms with E-state index in [2.05, 4.69) is 10.1 Å². The first-order valence-electron chi connectivity index (χ1n) is 6.59. The first kappa shape index (κ1) is 17.3. The molecule has 116 valence electrons. The molecule has 0 bridgehead atoms. The van der Waals surface area contributed by atoms with Crippen LogP contribution < -0.4 is 5.32 Å². The van der Waals surface area contributed by atoms with Gasteiger partial charge in [0.05, 0.1) is 26.2 Å². The maximum atomic E-state index is 13.3. The molecule has 0 aromatic heterocycles. The second-order valence-electron chi connectivity index (χ2n) is 4.61. The molecule has 1 aromatic carbocycles. The number of halogens is 1. The molecule has 0 fully saturated rings. The summed E-state index contributed by atoms with van der Waals surface area (Å²) in [5, 5.41) is 2.95. The maximum Gasteiger partial charge on any atom is 0.307 e. The number of nitrogens with one attached hydrogen (secondary N) is 1. The van der Waals surface area contributed by atoms with E-state index in [0.29, 0.717) is 24.3 Å². The summed E-state index contributed by atoms with van der Waals surface area (Å²) in [7, 11) is 2.81. The van der Waals surface area contributed by atoms with E-state index in [1.165, 1.54) is 25.3 Å². The average molecular weight is 297 g/mol. The van der Waals surface area contributed by atoms with Crippen LogP contribution >= 0.6 is 0 Å². The van der Waals surface area contributed by atoms with Crippen LogP contribution in [0.15, 0.2) is 18.2 Å². The molecule has 0 aliphatic rings. The normalized spacial score (nSPS) is 12.0. The molecule has 0 spiro atoms. The van der Waals surface area contributed by atoms with Crippen molar-refractivity contribution in [2.45, 2.75) is 19.4 Å². The van der Waals surface area contributed by atoms with Crippen LogP contribution in [-0.4, -0.2) is 45.2 Å². The van der Waals surface area contributed by atoms with Crippen LogP contribution in [0, 0.1) is 12.7 Å². The van der Waals surface area contributed by atoms with Crippen LogP contribution in [0.1, 0.15) is 22.3 Å². The van der Waals surface area contributed by atoms with Gasteiger partial charge < -0.3 is 14.8 Å². The minimum atomic E-state index is -0.725. The summed E-state index contributed by atoms with van der Waals surface area (Å²) >= 11 is 0. The summed E-state index contributed by atoms with van der Waals surface area (Å²) < 4.78 is 22.8. The number of methoxy groups -OCH3 is 2. The van der Waals surface area contributed by atoms with E-state index < -0.39 is 12.0 Å². The second-order valence-corrected chi connectivity index (χ2v) is 4.61. The van der Waals surface area contributed by atoms with Gasteiger partial charge in [-0.1, -0.05) is 0 Å². The Labute approximate surface area is 123 Å². The Hall–Kier alpha value is -1.79. The Bertz CT molecular complexity index is 504. The highest BCUT2D eigenvalue weighted by molar-refractivity contribution is 6.01. The molecule has 21 heavy (non-hydrogen) atoms. The summed E-state index contributed by atoms with van der Waals surface area (Å²) in [5.41, 5.74) is 0.738. The van der Waals surface area contributed by atoms with Crippen molar-refractivity contribution in [2.75, 3.05) is 27.4 Å². The van der Waals surface area contributed by atoms with E-state index in [1.807, 2.05) is 0 Å². The monoisotopic (exact) mass is 297 g/mol. The highest BCUT2D eigenvalue weighted by Crippen LogP contribution is 2.12. The Morgan fingerprint density at radius 2 is 2.05 bits per heavy atom. The fourth-order valence-electron chi connectivity index (χ4n) is 1.84. The quantitative estimate of drug-likeness (QED) is 0.447. The van der Waals surface area contributed by atoms with E-state index in [4.69, 9.17) is 4.74 Å². The van der Waals surface area contributed by atoms with Crippen molar-refractivity contribution < 1.29 is 23.5 Å². The van der Waals surface area contributed by atoms with Crippen LogP contribution in [0.3, 0.4) is 0 Å². The van der Waals surface area contributed by atoms with Gasteiger partial charge in [-0.3, -0.25) is 9.59 Å². The minimum absolute atomic E-state index is 0.0878. The van der Waals surface area contributed by atoms with E-state index in [0.717, 1.165) is 0 Å². The molecule has 6 heteroatoms. The lowest BCUT2D eigenvalue weighted by molar-refractivity contribution is -0.141. The topological polar surface area (TPSA) is 64.6 Å². The smallest absolute Gasteiger partial charge is 0.307 e. The van der Waals surface area contributed by atoms with Gasteiger partial charge >= 0.3 is 5.97 Å².